The van der Waals surface area contributed by atoms with E-state index in [2.05, 4.69) is 9.47 Å². The second kappa shape index (κ2) is 5.79. The van der Waals surface area contributed by atoms with Gasteiger partial charge in [-0.25, -0.2) is 4.79 Å². The molecule has 0 saturated carbocycles. The molecule has 0 aliphatic heterocycles. The van der Waals surface area contributed by atoms with Crippen LogP contribution in [0.1, 0.15) is 13.8 Å². The molecule has 0 unspecified atom stereocenters. The Morgan fingerprint density at radius 1 is 1.29 bits per heavy atom. The highest BCUT2D eigenvalue weighted by Gasteiger charge is 2.25. The molecule has 0 bridgehead atoms. The minimum atomic E-state index is -1.28. The highest BCUT2D eigenvalue weighted by Crippen LogP contribution is 2.04. The average molecular weight is 204 g/mol. The van der Waals surface area contributed by atoms with Crippen LogP contribution < -0.4 is 5.11 Å². The molecule has 0 amide bonds. The van der Waals surface area contributed by atoms with E-state index in [0.29, 0.717) is 0 Å². The maximum atomic E-state index is 10.9. The van der Waals surface area contributed by atoms with E-state index in [-0.39, 0.29) is 13.2 Å². The first-order valence-corrected chi connectivity index (χ1v) is 3.90. The lowest BCUT2D eigenvalue weighted by Gasteiger charge is -2.11. The molecule has 7 nitrogen and oxygen atoms in total. The van der Waals surface area contributed by atoms with Crippen LogP contribution in [0.2, 0.25) is 0 Å². The number of carbonyl (C=O) groups is 1. The topological polar surface area (TPSA) is 102 Å². The molecule has 0 aliphatic carbocycles. The van der Waals surface area contributed by atoms with Crippen LogP contribution in [-0.2, 0) is 14.3 Å². The number of esters is 1. The molecule has 0 aliphatic rings. The number of hydrogen-bond acceptors (Lipinski definition) is 6. The second-order valence-electron chi connectivity index (χ2n) is 2.05. The first kappa shape index (κ1) is 12.2. The highest BCUT2D eigenvalue weighted by molar-refractivity contribution is 5.85. The van der Waals surface area contributed by atoms with Crippen molar-refractivity contribution in [2.24, 2.45) is 0 Å². The van der Waals surface area contributed by atoms with Crippen LogP contribution >= 0.6 is 0 Å². The fourth-order valence-electron chi connectivity index (χ4n) is 0.631. The van der Waals surface area contributed by atoms with Gasteiger partial charge in [0.15, 0.2) is 0 Å². The zero-order chi connectivity index (χ0) is 11.1. The summed E-state index contributed by atoms with van der Waals surface area (Å²) in [5.74, 6) is -2.56. The van der Waals surface area contributed by atoms with Crippen molar-refractivity contribution in [1.82, 2.24) is 0 Å². The summed E-state index contributed by atoms with van der Waals surface area (Å²) in [6.45, 7) is 2.85. The van der Waals surface area contributed by atoms with Crippen LogP contribution in [0.5, 0.6) is 0 Å². The van der Waals surface area contributed by atoms with Gasteiger partial charge < -0.3 is 14.6 Å². The van der Waals surface area contributed by atoms with Crippen LogP contribution in [-0.4, -0.2) is 24.1 Å². The second-order valence-corrected chi connectivity index (χ2v) is 2.05. The van der Waals surface area contributed by atoms with E-state index in [1.54, 1.807) is 0 Å². The predicted molar refractivity (Wildman–Crippen MR) is 42.3 cm³/mol. The number of hydrogen-bond donors (Lipinski definition) is 0. The molecule has 14 heavy (non-hydrogen) atoms. The largest absolute Gasteiger partial charge is 0.609 e. The van der Waals surface area contributed by atoms with Gasteiger partial charge in [0.1, 0.15) is 5.95 Å². The molecule has 0 saturated heterocycles. The summed E-state index contributed by atoms with van der Waals surface area (Å²) in [4.78, 5) is 20.1. The van der Waals surface area contributed by atoms with Crippen LogP contribution in [0.3, 0.4) is 0 Å². The summed E-state index contributed by atoms with van der Waals surface area (Å²) < 4.78 is 8.63. The maximum Gasteiger partial charge on any atom is 0.411 e. The molecule has 0 aromatic rings. The minimum Gasteiger partial charge on any atom is -0.609 e. The number of nitro groups is 1. The Hall–Kier alpha value is -1.79. The van der Waals surface area contributed by atoms with Gasteiger partial charge in [-0.2, -0.15) is 0 Å². The third kappa shape index (κ3) is 3.30. The lowest BCUT2D eigenvalue weighted by molar-refractivity contribution is -0.451. The van der Waals surface area contributed by atoms with E-state index in [9.17, 15) is 20.0 Å². The number of rotatable bonds is 5. The zero-order valence-electron chi connectivity index (χ0n) is 7.81. The summed E-state index contributed by atoms with van der Waals surface area (Å²) in [7, 11) is 0. The molecular formula is C7H10NO6-. The van der Waals surface area contributed by atoms with E-state index < -0.39 is 22.5 Å². The van der Waals surface area contributed by atoms with Crippen LogP contribution in [0, 0.1) is 10.1 Å². The van der Waals surface area contributed by atoms with Gasteiger partial charge in [-0.15, -0.1) is 0 Å². The van der Waals surface area contributed by atoms with Gasteiger partial charge in [0.05, 0.1) is 11.5 Å². The molecule has 0 rings (SSSR count). The van der Waals surface area contributed by atoms with E-state index in [1.165, 1.54) is 13.8 Å². The summed E-state index contributed by atoms with van der Waals surface area (Å²) in [6, 6.07) is 0. The Labute approximate surface area is 80.1 Å². The van der Waals surface area contributed by atoms with E-state index in [4.69, 9.17) is 0 Å². The first-order valence-electron chi connectivity index (χ1n) is 3.90. The van der Waals surface area contributed by atoms with E-state index in [0.717, 1.165) is 0 Å². The lowest BCUT2D eigenvalue weighted by atomic mass is 10.5. The molecule has 0 heterocycles. The Bertz CT molecular complexity index is 259. The monoisotopic (exact) mass is 204 g/mol. The van der Waals surface area contributed by atoms with Gasteiger partial charge in [-0.05, 0) is 13.5 Å². The third-order valence-electron chi connectivity index (χ3n) is 1.12. The quantitative estimate of drug-likeness (QED) is 0.194. The van der Waals surface area contributed by atoms with Crippen molar-refractivity contribution in [3.63, 3.8) is 0 Å². The van der Waals surface area contributed by atoms with Crippen molar-refractivity contribution in [1.29, 1.82) is 0 Å². The van der Waals surface area contributed by atoms with Gasteiger partial charge in [0.25, 0.3) is 0 Å². The Morgan fingerprint density at radius 2 is 1.79 bits per heavy atom. The number of nitrogens with zero attached hydrogens (tertiary/aromatic N) is 1. The van der Waals surface area contributed by atoms with Gasteiger partial charge in [-0.3, -0.25) is 10.1 Å². The normalized spacial score (nSPS) is 11.6. The number of ether oxygens (including phenoxy) is 2. The van der Waals surface area contributed by atoms with E-state index >= 15 is 0 Å². The predicted octanol–water partition coefficient (Wildman–Crippen LogP) is -0.608. The minimum absolute atomic E-state index is 0.0461. The molecular weight excluding hydrogens is 194 g/mol. The fraction of sp³-hybridized carbons (Fsp3) is 0.571. The molecule has 0 N–H and O–H groups in total. The van der Waals surface area contributed by atoms with Crippen LogP contribution in [0.4, 0.5) is 0 Å². The fourth-order valence-corrected chi connectivity index (χ4v) is 0.631. The van der Waals surface area contributed by atoms with Gasteiger partial charge in [0, 0.05) is 0 Å². The van der Waals surface area contributed by atoms with Gasteiger partial charge >= 0.3 is 11.7 Å². The van der Waals surface area contributed by atoms with Gasteiger partial charge in [0.2, 0.25) is 0 Å². The first-order chi connectivity index (χ1) is 6.54. The molecule has 0 spiro atoms. The molecule has 0 aromatic carbocycles. The van der Waals surface area contributed by atoms with Crippen molar-refractivity contribution >= 4 is 5.97 Å². The summed E-state index contributed by atoms with van der Waals surface area (Å²) in [5.41, 5.74) is -1.20. The van der Waals surface area contributed by atoms with Crippen molar-refractivity contribution in [2.45, 2.75) is 13.8 Å². The third-order valence-corrected chi connectivity index (χ3v) is 1.12. The molecule has 0 aromatic heterocycles. The molecule has 0 radical (unpaired) electrons. The van der Waals surface area contributed by atoms with Crippen LogP contribution in [0.25, 0.3) is 0 Å². The Morgan fingerprint density at radius 3 is 2.14 bits per heavy atom. The maximum absolute atomic E-state index is 10.9. The Kier molecular flexibility index (Phi) is 5.05. The van der Waals surface area contributed by atoms with Crippen LogP contribution in [0.15, 0.2) is 11.6 Å². The lowest BCUT2D eigenvalue weighted by Crippen LogP contribution is -2.23. The molecule has 80 valence electrons. The molecule has 0 atom stereocenters. The summed E-state index contributed by atoms with van der Waals surface area (Å²) in [6.07, 6.45) is 0. The van der Waals surface area contributed by atoms with Crippen molar-refractivity contribution in [3.05, 3.63) is 21.8 Å². The molecule has 0 fully saturated rings. The highest BCUT2D eigenvalue weighted by atomic mass is 16.6. The number of carbonyl (C=O) groups excluding carboxylic acids is 1. The zero-order valence-corrected chi connectivity index (χ0v) is 7.81. The SMILES string of the molecule is CCOC(=O)/C(=C(\[O-])OCC)[N+](=O)[O-]. The van der Waals surface area contributed by atoms with Gasteiger partial charge in [-0.1, -0.05) is 6.92 Å². The summed E-state index contributed by atoms with van der Waals surface area (Å²) >= 11 is 0. The standard InChI is InChI=1S/C7H11NO6/c1-3-13-6(9)5(8(11)12)7(10)14-4-2/h9H,3-4H2,1-2H3/p-1/b6-5-. The summed E-state index contributed by atoms with van der Waals surface area (Å²) in [5, 5.41) is 21.2. The van der Waals surface area contributed by atoms with Crippen molar-refractivity contribution in [3.8, 4) is 0 Å². The average Bonchev–Trinajstić information content (AvgIpc) is 2.04. The van der Waals surface area contributed by atoms with Crippen molar-refractivity contribution < 1.29 is 24.3 Å². The smallest absolute Gasteiger partial charge is 0.411 e. The molecule has 7 heteroatoms. The Balaban J connectivity index is 4.83. The van der Waals surface area contributed by atoms with Crippen molar-refractivity contribution in [2.75, 3.05) is 13.2 Å². The van der Waals surface area contributed by atoms with E-state index in [1.807, 2.05) is 0 Å².